The molecule has 0 bridgehead atoms. The van der Waals surface area contributed by atoms with Gasteiger partial charge in [-0.3, -0.25) is 4.79 Å². The third-order valence-electron chi connectivity index (χ3n) is 4.35. The zero-order chi connectivity index (χ0) is 16.5. The number of carbonyl (C=O) groups excluding carboxylic acids is 1. The lowest BCUT2D eigenvalue weighted by Gasteiger charge is -2.34. The van der Waals surface area contributed by atoms with Crippen molar-refractivity contribution in [2.45, 2.75) is 32.7 Å². The number of sulfone groups is 1. The number of hydrogen-bond donors (Lipinski definition) is 0. The van der Waals surface area contributed by atoms with Crippen LogP contribution >= 0.6 is 0 Å². The van der Waals surface area contributed by atoms with Crippen LogP contribution in [0, 0.1) is 13.8 Å². The highest BCUT2D eigenvalue weighted by atomic mass is 32.2. The van der Waals surface area contributed by atoms with Crippen molar-refractivity contribution in [2.24, 2.45) is 0 Å². The number of nitrogens with zero attached hydrogens (tertiary/aromatic N) is 1. The molecular formula is C16H23NO4S. The van der Waals surface area contributed by atoms with Crippen molar-refractivity contribution < 1.29 is 17.9 Å². The van der Waals surface area contributed by atoms with Gasteiger partial charge in [-0.2, -0.15) is 0 Å². The Hall–Kier alpha value is -1.56. The molecule has 0 spiro atoms. The van der Waals surface area contributed by atoms with Crippen LogP contribution in [-0.4, -0.2) is 49.9 Å². The van der Waals surface area contributed by atoms with Gasteiger partial charge in [-0.1, -0.05) is 17.7 Å². The lowest BCUT2D eigenvalue weighted by molar-refractivity contribution is -0.136. The Bertz CT molecular complexity index is 683. The number of carbonyl (C=O) groups is 1. The average molecular weight is 325 g/mol. The highest BCUT2D eigenvalue weighted by Crippen LogP contribution is 2.28. The Morgan fingerprint density at radius 3 is 2.59 bits per heavy atom. The van der Waals surface area contributed by atoms with Crippen LogP contribution in [0.3, 0.4) is 0 Å². The topological polar surface area (TPSA) is 63.7 Å². The van der Waals surface area contributed by atoms with E-state index in [1.165, 1.54) is 4.90 Å². The lowest BCUT2D eigenvalue weighted by atomic mass is 10.00. The number of likely N-dealkylation sites (N-methyl/N-ethyl adjacent to an activating group) is 1. The Kier molecular flexibility index (Phi) is 4.52. The molecule has 1 atom stereocenters. The first kappa shape index (κ1) is 16.8. The molecule has 22 heavy (non-hydrogen) atoms. The average Bonchev–Trinajstić information content (AvgIpc) is 2.71. The van der Waals surface area contributed by atoms with Gasteiger partial charge in [0, 0.05) is 7.05 Å². The molecule has 1 aliphatic rings. The van der Waals surface area contributed by atoms with Gasteiger partial charge in [-0.25, -0.2) is 8.42 Å². The molecule has 1 heterocycles. The van der Waals surface area contributed by atoms with Crippen LogP contribution in [0.15, 0.2) is 18.2 Å². The van der Waals surface area contributed by atoms with E-state index in [1.54, 1.807) is 7.05 Å². The number of amides is 1. The van der Waals surface area contributed by atoms with Crippen molar-refractivity contribution in [2.75, 3.05) is 25.2 Å². The van der Waals surface area contributed by atoms with E-state index in [1.807, 2.05) is 39.0 Å². The molecule has 2 rings (SSSR count). The van der Waals surface area contributed by atoms with Gasteiger partial charge in [0.05, 0.1) is 17.0 Å². The van der Waals surface area contributed by atoms with E-state index in [0.717, 1.165) is 11.1 Å². The summed E-state index contributed by atoms with van der Waals surface area (Å²) >= 11 is 0. The standard InChI is InChI=1S/C16H23NO4S/c1-12-5-6-14(13(2)9-12)21-10-15(18)17(4)16(3)7-8-22(19,20)11-16/h5-6,9H,7-8,10-11H2,1-4H3/t16-/m1/s1. The number of ether oxygens (including phenoxy) is 1. The van der Waals surface area contributed by atoms with E-state index < -0.39 is 15.4 Å². The van der Waals surface area contributed by atoms with Gasteiger partial charge in [0.25, 0.3) is 5.91 Å². The number of benzene rings is 1. The van der Waals surface area contributed by atoms with Crippen LogP contribution in [0.1, 0.15) is 24.5 Å². The van der Waals surface area contributed by atoms with Gasteiger partial charge in [0.15, 0.2) is 16.4 Å². The second-order valence-corrected chi connectivity index (χ2v) is 8.53. The molecule has 122 valence electrons. The molecular weight excluding hydrogens is 302 g/mol. The number of aryl methyl sites for hydroxylation is 2. The molecule has 6 heteroatoms. The van der Waals surface area contributed by atoms with Crippen LogP contribution in [0.4, 0.5) is 0 Å². The molecule has 1 aliphatic heterocycles. The van der Waals surface area contributed by atoms with E-state index in [9.17, 15) is 13.2 Å². The monoisotopic (exact) mass is 325 g/mol. The summed E-state index contributed by atoms with van der Waals surface area (Å²) < 4.78 is 28.9. The Balaban J connectivity index is 2.00. The van der Waals surface area contributed by atoms with Crippen LogP contribution in [0.2, 0.25) is 0 Å². The lowest BCUT2D eigenvalue weighted by Crippen LogP contribution is -2.49. The molecule has 0 unspecified atom stereocenters. The summed E-state index contributed by atoms with van der Waals surface area (Å²) in [5.74, 6) is 0.626. The minimum Gasteiger partial charge on any atom is -0.484 e. The van der Waals surface area contributed by atoms with E-state index in [-0.39, 0.29) is 24.0 Å². The molecule has 1 saturated heterocycles. The molecule has 5 nitrogen and oxygen atoms in total. The molecule has 0 aromatic heterocycles. The van der Waals surface area contributed by atoms with Gasteiger partial charge in [-0.05, 0) is 38.8 Å². The fourth-order valence-corrected chi connectivity index (χ4v) is 4.94. The highest BCUT2D eigenvalue weighted by Gasteiger charge is 2.43. The number of rotatable bonds is 4. The smallest absolute Gasteiger partial charge is 0.260 e. The van der Waals surface area contributed by atoms with Crippen LogP contribution < -0.4 is 4.74 Å². The third-order valence-corrected chi connectivity index (χ3v) is 6.24. The summed E-state index contributed by atoms with van der Waals surface area (Å²) in [5.41, 5.74) is 1.48. The second kappa shape index (κ2) is 5.91. The van der Waals surface area contributed by atoms with E-state index in [2.05, 4.69) is 0 Å². The number of hydrogen-bond acceptors (Lipinski definition) is 4. The summed E-state index contributed by atoms with van der Waals surface area (Å²) in [7, 11) is -1.40. The SMILES string of the molecule is Cc1ccc(OCC(=O)N(C)[C@]2(C)CCS(=O)(=O)C2)c(C)c1. The summed E-state index contributed by atoms with van der Waals surface area (Å²) in [6, 6.07) is 5.77. The molecule has 1 fully saturated rings. The first-order chi connectivity index (χ1) is 10.1. The van der Waals surface area contributed by atoms with E-state index in [0.29, 0.717) is 12.2 Å². The molecule has 0 aliphatic carbocycles. The van der Waals surface area contributed by atoms with Crippen molar-refractivity contribution in [3.8, 4) is 5.75 Å². The van der Waals surface area contributed by atoms with Crippen molar-refractivity contribution in [3.63, 3.8) is 0 Å². The third kappa shape index (κ3) is 3.61. The summed E-state index contributed by atoms with van der Waals surface area (Å²) in [5, 5.41) is 0. The van der Waals surface area contributed by atoms with Crippen LogP contribution in [0.5, 0.6) is 5.75 Å². The van der Waals surface area contributed by atoms with E-state index in [4.69, 9.17) is 4.74 Å². The second-order valence-electron chi connectivity index (χ2n) is 6.35. The van der Waals surface area contributed by atoms with Gasteiger partial charge < -0.3 is 9.64 Å². The first-order valence-corrected chi connectivity index (χ1v) is 9.12. The van der Waals surface area contributed by atoms with Gasteiger partial charge >= 0.3 is 0 Å². The fraction of sp³-hybridized carbons (Fsp3) is 0.562. The Morgan fingerprint density at radius 1 is 1.36 bits per heavy atom. The zero-order valence-corrected chi connectivity index (χ0v) is 14.4. The van der Waals surface area contributed by atoms with Crippen molar-refractivity contribution in [3.05, 3.63) is 29.3 Å². The van der Waals surface area contributed by atoms with Crippen molar-refractivity contribution in [1.29, 1.82) is 0 Å². The summed E-state index contributed by atoms with van der Waals surface area (Å²) in [6.45, 7) is 5.65. The Labute approximate surface area is 132 Å². The maximum atomic E-state index is 12.3. The fourth-order valence-electron chi connectivity index (χ4n) is 2.76. The van der Waals surface area contributed by atoms with Gasteiger partial charge in [0.1, 0.15) is 5.75 Å². The molecule has 1 aromatic rings. The molecule has 0 radical (unpaired) electrons. The minimum absolute atomic E-state index is 0.0196. The van der Waals surface area contributed by atoms with Gasteiger partial charge in [0.2, 0.25) is 0 Å². The van der Waals surface area contributed by atoms with Crippen LogP contribution in [-0.2, 0) is 14.6 Å². The molecule has 0 saturated carbocycles. The minimum atomic E-state index is -3.05. The normalized spacial score (nSPS) is 23.3. The Morgan fingerprint density at radius 2 is 2.05 bits per heavy atom. The zero-order valence-electron chi connectivity index (χ0n) is 13.5. The maximum absolute atomic E-state index is 12.3. The van der Waals surface area contributed by atoms with Gasteiger partial charge in [-0.15, -0.1) is 0 Å². The largest absolute Gasteiger partial charge is 0.484 e. The molecule has 0 N–H and O–H groups in total. The van der Waals surface area contributed by atoms with Crippen molar-refractivity contribution in [1.82, 2.24) is 4.90 Å². The summed E-state index contributed by atoms with van der Waals surface area (Å²) in [6.07, 6.45) is 0.473. The molecule has 1 amide bonds. The maximum Gasteiger partial charge on any atom is 0.260 e. The quantitative estimate of drug-likeness (QED) is 0.845. The summed E-state index contributed by atoms with van der Waals surface area (Å²) in [4.78, 5) is 13.8. The predicted molar refractivity (Wildman–Crippen MR) is 85.9 cm³/mol. The highest BCUT2D eigenvalue weighted by molar-refractivity contribution is 7.91. The van der Waals surface area contributed by atoms with E-state index >= 15 is 0 Å². The van der Waals surface area contributed by atoms with Crippen molar-refractivity contribution >= 4 is 15.7 Å². The molecule has 1 aromatic carbocycles. The van der Waals surface area contributed by atoms with Crippen LogP contribution in [0.25, 0.3) is 0 Å². The predicted octanol–water partition coefficient (Wildman–Crippen LogP) is 1.72. The first-order valence-electron chi connectivity index (χ1n) is 7.30.